The largest absolute Gasteiger partial charge is 0.573 e. The summed E-state index contributed by atoms with van der Waals surface area (Å²) in [5, 5.41) is 9.90. The van der Waals surface area contributed by atoms with Crippen LogP contribution >= 0.6 is 0 Å². The lowest BCUT2D eigenvalue weighted by molar-refractivity contribution is -0.274. The number of H-pyrrole nitrogens is 1. The van der Waals surface area contributed by atoms with Gasteiger partial charge < -0.3 is 25.1 Å². The van der Waals surface area contributed by atoms with Crippen molar-refractivity contribution in [1.82, 2.24) is 19.7 Å². The number of aromatic amines is 1. The molecule has 0 radical (unpaired) electrons. The topological polar surface area (TPSA) is 103 Å². The van der Waals surface area contributed by atoms with Crippen molar-refractivity contribution in [3.8, 4) is 11.5 Å². The minimum absolute atomic E-state index is 0.243. The fourth-order valence-corrected chi connectivity index (χ4v) is 2.93. The number of aromatic nitrogens is 4. The molecule has 2 heterocycles. The summed E-state index contributed by atoms with van der Waals surface area (Å²) >= 11 is 0. The fourth-order valence-electron chi connectivity index (χ4n) is 2.93. The Labute approximate surface area is 168 Å². The summed E-state index contributed by atoms with van der Waals surface area (Å²) in [6.45, 7) is 0.643. The van der Waals surface area contributed by atoms with E-state index < -0.39 is 6.36 Å². The van der Waals surface area contributed by atoms with E-state index in [0.717, 1.165) is 22.5 Å². The minimum atomic E-state index is -4.73. The van der Waals surface area contributed by atoms with E-state index in [1.54, 1.807) is 16.8 Å². The molecule has 2 aromatic carbocycles. The van der Waals surface area contributed by atoms with Gasteiger partial charge in [-0.05, 0) is 42.5 Å². The third-order valence-electron chi connectivity index (χ3n) is 4.20. The molecule has 0 atom stereocenters. The number of halogens is 3. The minimum Gasteiger partial charge on any atom is -0.492 e. The summed E-state index contributed by atoms with van der Waals surface area (Å²) < 4.78 is 47.9. The summed E-state index contributed by atoms with van der Waals surface area (Å²) in [5.41, 5.74) is 8.41. The molecule has 0 aliphatic heterocycles. The number of nitrogens with two attached hydrogens (primary N) is 1. The lowest BCUT2D eigenvalue weighted by atomic mass is 10.2. The van der Waals surface area contributed by atoms with Crippen LogP contribution < -0.4 is 20.5 Å². The van der Waals surface area contributed by atoms with Crippen molar-refractivity contribution in [2.75, 3.05) is 17.7 Å². The maximum Gasteiger partial charge on any atom is 0.573 e. The Morgan fingerprint density at radius 2 is 1.83 bits per heavy atom. The summed E-state index contributed by atoms with van der Waals surface area (Å²) in [5.74, 6) is 1.18. The number of hydrogen-bond donors (Lipinski definition) is 3. The molecule has 0 fully saturated rings. The van der Waals surface area contributed by atoms with Gasteiger partial charge in [0.2, 0.25) is 5.95 Å². The van der Waals surface area contributed by atoms with Crippen molar-refractivity contribution in [3.63, 3.8) is 0 Å². The second-order valence-electron chi connectivity index (χ2n) is 6.29. The molecule has 2 aromatic heterocycles. The molecular formula is C19H17F3N6O2. The molecular weight excluding hydrogens is 401 g/mol. The quantitative estimate of drug-likeness (QED) is 0.418. The highest BCUT2D eigenvalue weighted by Gasteiger charge is 2.30. The van der Waals surface area contributed by atoms with Crippen LogP contribution in [0, 0.1) is 0 Å². The Kier molecular flexibility index (Phi) is 5.09. The predicted octanol–water partition coefficient (Wildman–Crippen LogP) is 4.06. The zero-order valence-corrected chi connectivity index (χ0v) is 15.5. The first-order chi connectivity index (χ1) is 14.4. The van der Waals surface area contributed by atoms with Crippen molar-refractivity contribution in [2.45, 2.75) is 12.9 Å². The summed E-state index contributed by atoms with van der Waals surface area (Å²) in [6.07, 6.45) is -3.09. The van der Waals surface area contributed by atoms with Crippen LogP contribution in [0.25, 0.3) is 11.0 Å². The first-order valence-electron chi connectivity index (χ1n) is 8.88. The number of benzene rings is 2. The summed E-state index contributed by atoms with van der Waals surface area (Å²) in [6, 6.07) is 12.6. The van der Waals surface area contributed by atoms with E-state index >= 15 is 0 Å². The van der Waals surface area contributed by atoms with Crippen LogP contribution in [0.5, 0.6) is 11.5 Å². The molecule has 4 rings (SSSR count). The lowest BCUT2D eigenvalue weighted by Gasteiger charge is -2.11. The van der Waals surface area contributed by atoms with Gasteiger partial charge in [-0.15, -0.1) is 13.2 Å². The molecule has 0 bridgehead atoms. The van der Waals surface area contributed by atoms with Gasteiger partial charge in [-0.3, -0.25) is 5.10 Å². The van der Waals surface area contributed by atoms with Crippen LogP contribution in [0.3, 0.4) is 0 Å². The average Bonchev–Trinajstić information content (AvgIpc) is 3.30. The predicted molar refractivity (Wildman–Crippen MR) is 105 cm³/mol. The number of hydrogen-bond acceptors (Lipinski definition) is 6. The number of imidazole rings is 1. The molecule has 11 heteroatoms. The molecule has 0 saturated carbocycles. The second kappa shape index (κ2) is 7.85. The number of nitrogens with zero attached hydrogens (tertiary/aromatic N) is 3. The van der Waals surface area contributed by atoms with E-state index in [0.29, 0.717) is 18.2 Å². The Morgan fingerprint density at radius 3 is 2.53 bits per heavy atom. The van der Waals surface area contributed by atoms with E-state index in [-0.39, 0.29) is 12.4 Å². The fraction of sp³-hybridized carbons (Fsp3) is 0.158. The summed E-state index contributed by atoms with van der Waals surface area (Å²) in [7, 11) is 0. The molecule has 0 aliphatic rings. The number of fused-ring (bicyclic) bond motifs is 1. The molecule has 156 valence electrons. The van der Waals surface area contributed by atoms with Gasteiger partial charge in [-0.1, -0.05) is 0 Å². The van der Waals surface area contributed by atoms with E-state index in [1.165, 1.54) is 24.3 Å². The molecule has 4 aromatic rings. The van der Waals surface area contributed by atoms with Gasteiger partial charge in [0, 0.05) is 11.8 Å². The van der Waals surface area contributed by atoms with Crippen LogP contribution in [0.4, 0.5) is 30.6 Å². The summed E-state index contributed by atoms with van der Waals surface area (Å²) in [4.78, 5) is 4.34. The molecule has 4 N–H and O–H groups in total. The molecule has 8 nitrogen and oxygen atoms in total. The van der Waals surface area contributed by atoms with E-state index in [2.05, 4.69) is 25.2 Å². The van der Waals surface area contributed by atoms with Gasteiger partial charge in [0.1, 0.15) is 23.9 Å². The molecule has 0 unspecified atom stereocenters. The molecule has 0 aliphatic carbocycles. The van der Waals surface area contributed by atoms with Gasteiger partial charge >= 0.3 is 6.36 Å². The van der Waals surface area contributed by atoms with Crippen molar-refractivity contribution < 1.29 is 22.6 Å². The van der Waals surface area contributed by atoms with Crippen molar-refractivity contribution in [1.29, 1.82) is 0 Å². The number of nitrogens with one attached hydrogen (secondary N) is 2. The lowest BCUT2D eigenvalue weighted by Crippen LogP contribution is -2.17. The number of nitrogen functional groups attached to an aromatic ring is 1. The standard InChI is InChI=1S/C19H17F3N6O2/c20-19(21,22)30-14-4-2-13(3-5-14)29-10-9-28-16-11-12(25-17-7-8-24-27-17)1-6-15(16)26-18(28)23/h1-8,11H,9-10H2,(H2,23,26)(H2,24,25,27). The number of alkyl halides is 3. The van der Waals surface area contributed by atoms with Gasteiger partial charge in [-0.25, -0.2) is 4.98 Å². The van der Waals surface area contributed by atoms with Crippen molar-refractivity contribution in [2.24, 2.45) is 0 Å². The SMILES string of the molecule is Nc1nc2ccc(Nc3ccn[nH]3)cc2n1CCOc1ccc(OC(F)(F)F)cc1. The van der Waals surface area contributed by atoms with Crippen LogP contribution in [0.2, 0.25) is 0 Å². The van der Waals surface area contributed by atoms with Crippen LogP contribution in [0.15, 0.2) is 54.7 Å². The first kappa shape index (κ1) is 19.4. The van der Waals surface area contributed by atoms with E-state index in [9.17, 15) is 13.2 Å². The maximum absolute atomic E-state index is 12.2. The average molecular weight is 418 g/mol. The van der Waals surface area contributed by atoms with Gasteiger partial charge in [0.15, 0.2) is 0 Å². The molecule has 30 heavy (non-hydrogen) atoms. The van der Waals surface area contributed by atoms with Crippen LogP contribution in [0.1, 0.15) is 0 Å². The Hall–Kier alpha value is -3.89. The number of ether oxygens (including phenoxy) is 2. The number of rotatable bonds is 7. The first-order valence-corrected chi connectivity index (χ1v) is 8.88. The monoisotopic (exact) mass is 418 g/mol. The smallest absolute Gasteiger partial charge is 0.492 e. The zero-order chi connectivity index (χ0) is 21.1. The van der Waals surface area contributed by atoms with Gasteiger partial charge in [0.05, 0.1) is 23.8 Å². The second-order valence-corrected chi connectivity index (χ2v) is 6.29. The molecule has 0 amide bonds. The van der Waals surface area contributed by atoms with Gasteiger partial charge in [0.25, 0.3) is 0 Å². The highest BCUT2D eigenvalue weighted by Crippen LogP contribution is 2.26. The zero-order valence-electron chi connectivity index (χ0n) is 15.5. The Morgan fingerprint density at radius 1 is 1.07 bits per heavy atom. The normalized spacial score (nSPS) is 11.6. The third-order valence-corrected chi connectivity index (χ3v) is 4.20. The van der Waals surface area contributed by atoms with Crippen molar-refractivity contribution in [3.05, 3.63) is 54.7 Å². The number of anilines is 3. The van der Waals surface area contributed by atoms with Crippen LogP contribution in [-0.4, -0.2) is 32.7 Å². The molecule has 0 spiro atoms. The van der Waals surface area contributed by atoms with E-state index in [1.807, 2.05) is 18.2 Å². The Bertz CT molecular complexity index is 1120. The third kappa shape index (κ3) is 4.57. The highest BCUT2D eigenvalue weighted by molar-refractivity contribution is 5.83. The molecule has 0 saturated heterocycles. The Balaban J connectivity index is 1.42. The maximum atomic E-state index is 12.2. The van der Waals surface area contributed by atoms with Gasteiger partial charge in [-0.2, -0.15) is 5.10 Å². The van der Waals surface area contributed by atoms with Crippen molar-refractivity contribution >= 4 is 28.5 Å². The highest BCUT2D eigenvalue weighted by atomic mass is 19.4. The van der Waals surface area contributed by atoms with E-state index in [4.69, 9.17) is 10.5 Å². The van der Waals surface area contributed by atoms with Crippen LogP contribution in [-0.2, 0) is 6.54 Å².